The van der Waals surface area contributed by atoms with E-state index in [0.717, 1.165) is 47.8 Å². The van der Waals surface area contributed by atoms with E-state index in [2.05, 4.69) is 37.6 Å². The van der Waals surface area contributed by atoms with Crippen LogP contribution >= 0.6 is 11.3 Å². The maximum Gasteiger partial charge on any atom is 0.121 e. The SMILES string of the molecule is C=C1C(=CC=C2CCC[C@]3(C)[C@@H]([C@H](C)CCC[C@H](O)c4nccs4)CC[C@@H]23)C[C@@H](O)C[C@@H]1O. The average molecular weight is 472 g/mol. The normalized spacial score (nSPS) is 36.8. The number of rotatable bonds is 7. The van der Waals surface area contributed by atoms with E-state index in [0.29, 0.717) is 30.1 Å². The first-order valence-corrected chi connectivity index (χ1v) is 13.7. The van der Waals surface area contributed by atoms with Gasteiger partial charge < -0.3 is 15.3 Å². The van der Waals surface area contributed by atoms with E-state index < -0.39 is 18.3 Å². The summed E-state index contributed by atoms with van der Waals surface area (Å²) in [5, 5.41) is 33.4. The lowest BCUT2D eigenvalue weighted by Crippen LogP contribution is -2.36. The molecule has 182 valence electrons. The molecule has 3 aliphatic rings. The summed E-state index contributed by atoms with van der Waals surface area (Å²) in [7, 11) is 0. The number of allylic oxidation sites excluding steroid dienone is 3. The molecule has 1 aromatic heterocycles. The smallest absolute Gasteiger partial charge is 0.121 e. The minimum atomic E-state index is -0.624. The molecule has 33 heavy (non-hydrogen) atoms. The van der Waals surface area contributed by atoms with E-state index in [1.807, 2.05) is 5.38 Å². The molecule has 0 unspecified atom stereocenters. The number of thiazole rings is 1. The molecule has 3 N–H and O–H groups in total. The zero-order valence-corrected chi connectivity index (χ0v) is 21.1. The Balaban J connectivity index is 1.39. The van der Waals surface area contributed by atoms with Gasteiger partial charge in [0.1, 0.15) is 11.1 Å². The second-order valence-corrected chi connectivity index (χ2v) is 11.9. The topological polar surface area (TPSA) is 73.6 Å². The summed E-state index contributed by atoms with van der Waals surface area (Å²) in [5.74, 6) is 2.01. The van der Waals surface area contributed by atoms with E-state index in [9.17, 15) is 15.3 Å². The predicted molar refractivity (Wildman–Crippen MR) is 135 cm³/mol. The van der Waals surface area contributed by atoms with Gasteiger partial charge in [-0.25, -0.2) is 4.98 Å². The van der Waals surface area contributed by atoms with Gasteiger partial charge in [-0.15, -0.1) is 11.3 Å². The zero-order chi connectivity index (χ0) is 23.6. The van der Waals surface area contributed by atoms with Crippen LogP contribution in [0.4, 0.5) is 0 Å². The summed E-state index contributed by atoms with van der Waals surface area (Å²) in [6.07, 6.45) is 14.9. The summed E-state index contributed by atoms with van der Waals surface area (Å²) >= 11 is 1.54. The van der Waals surface area contributed by atoms with Gasteiger partial charge in [0.25, 0.3) is 0 Å². The van der Waals surface area contributed by atoms with Gasteiger partial charge in [-0.05, 0) is 79.3 Å². The fraction of sp³-hybridized carbons (Fsp3) is 0.679. The van der Waals surface area contributed by atoms with Crippen LogP contribution in [0.15, 0.2) is 47.0 Å². The van der Waals surface area contributed by atoms with Crippen LogP contribution in [0.25, 0.3) is 0 Å². The standard InChI is InChI=1S/C28H41NO3S/c1-18(6-4-8-25(31)27-29-14-15-33-27)23-11-12-24-20(7-5-13-28(23,24)3)9-10-21-16-22(30)17-26(32)19(21)2/h9-10,14-15,18,22-26,30-32H,2,4-8,11-13,16-17H2,1,3H3/t18-,22-,23-,24+,25+,26+,28-/m1/s1. The molecule has 5 heteroatoms. The molecule has 4 rings (SSSR count). The van der Waals surface area contributed by atoms with Crippen LogP contribution in [0, 0.1) is 23.2 Å². The highest BCUT2D eigenvalue weighted by Crippen LogP contribution is 2.60. The highest BCUT2D eigenvalue weighted by Gasteiger charge is 2.50. The molecule has 0 amide bonds. The molecule has 0 aliphatic heterocycles. The first-order chi connectivity index (χ1) is 15.8. The number of fused-ring (bicyclic) bond motifs is 1. The van der Waals surface area contributed by atoms with Crippen LogP contribution in [0.2, 0.25) is 0 Å². The molecule has 4 nitrogen and oxygen atoms in total. The van der Waals surface area contributed by atoms with E-state index in [1.165, 1.54) is 37.0 Å². The highest BCUT2D eigenvalue weighted by molar-refractivity contribution is 7.09. The molecule has 3 aliphatic carbocycles. The van der Waals surface area contributed by atoms with Gasteiger partial charge in [0.2, 0.25) is 0 Å². The number of hydrogen-bond donors (Lipinski definition) is 3. The molecule has 0 aromatic carbocycles. The van der Waals surface area contributed by atoms with Crippen molar-refractivity contribution >= 4 is 11.3 Å². The van der Waals surface area contributed by atoms with Crippen molar-refractivity contribution in [2.75, 3.05) is 0 Å². The molecule has 3 saturated carbocycles. The third-order valence-electron chi connectivity index (χ3n) is 8.86. The lowest BCUT2D eigenvalue weighted by molar-refractivity contribution is 0.0860. The summed E-state index contributed by atoms with van der Waals surface area (Å²) in [6.45, 7) is 9.00. The fourth-order valence-corrected chi connectivity index (χ4v) is 7.69. The van der Waals surface area contributed by atoms with Crippen LogP contribution in [-0.2, 0) is 0 Å². The predicted octanol–water partition coefficient (Wildman–Crippen LogP) is 6.12. The Labute approximate surface area is 203 Å². The van der Waals surface area contributed by atoms with Crippen LogP contribution in [0.3, 0.4) is 0 Å². The first-order valence-electron chi connectivity index (χ1n) is 12.8. The second kappa shape index (κ2) is 10.6. The van der Waals surface area contributed by atoms with Gasteiger partial charge in [0, 0.05) is 18.0 Å². The molecule has 7 atom stereocenters. The minimum absolute atomic E-state index is 0.346. The van der Waals surface area contributed by atoms with Crippen LogP contribution in [-0.4, -0.2) is 32.5 Å². The maximum atomic E-state index is 10.4. The van der Waals surface area contributed by atoms with Gasteiger partial charge in [0.15, 0.2) is 0 Å². The first kappa shape index (κ1) is 24.8. The van der Waals surface area contributed by atoms with Crippen molar-refractivity contribution in [1.82, 2.24) is 4.98 Å². The third-order valence-corrected chi connectivity index (χ3v) is 9.74. The zero-order valence-electron chi connectivity index (χ0n) is 20.2. The quantitative estimate of drug-likeness (QED) is 0.448. The number of nitrogens with zero attached hydrogens (tertiary/aromatic N) is 1. The Morgan fingerprint density at radius 3 is 2.85 bits per heavy atom. The lowest BCUT2D eigenvalue weighted by Gasteiger charge is -2.44. The van der Waals surface area contributed by atoms with Crippen molar-refractivity contribution in [2.24, 2.45) is 23.2 Å². The van der Waals surface area contributed by atoms with Crippen LogP contribution < -0.4 is 0 Å². The van der Waals surface area contributed by atoms with Crippen molar-refractivity contribution in [3.05, 3.63) is 52.0 Å². The summed E-state index contributed by atoms with van der Waals surface area (Å²) in [6, 6.07) is 0. The number of hydrogen-bond acceptors (Lipinski definition) is 5. The maximum absolute atomic E-state index is 10.4. The largest absolute Gasteiger partial charge is 0.393 e. The molecule has 0 spiro atoms. The van der Waals surface area contributed by atoms with Gasteiger partial charge in [0.05, 0.1) is 12.2 Å². The number of aromatic nitrogens is 1. The van der Waals surface area contributed by atoms with E-state index in [1.54, 1.807) is 11.8 Å². The Morgan fingerprint density at radius 1 is 1.27 bits per heavy atom. The van der Waals surface area contributed by atoms with Crippen molar-refractivity contribution in [2.45, 2.75) is 96.4 Å². The van der Waals surface area contributed by atoms with Crippen molar-refractivity contribution in [1.29, 1.82) is 0 Å². The van der Waals surface area contributed by atoms with Gasteiger partial charge in [-0.1, -0.05) is 51.0 Å². The molecule has 1 aromatic rings. The monoisotopic (exact) mass is 471 g/mol. The number of aliphatic hydroxyl groups excluding tert-OH is 3. The molecular weight excluding hydrogens is 430 g/mol. The minimum Gasteiger partial charge on any atom is -0.393 e. The van der Waals surface area contributed by atoms with Crippen molar-refractivity contribution in [3.8, 4) is 0 Å². The highest BCUT2D eigenvalue weighted by atomic mass is 32.1. The van der Waals surface area contributed by atoms with Crippen molar-refractivity contribution < 1.29 is 15.3 Å². The Hall–Kier alpha value is -1.27. The molecule has 0 bridgehead atoms. The van der Waals surface area contributed by atoms with Gasteiger partial charge in [-0.3, -0.25) is 0 Å². The van der Waals surface area contributed by atoms with Gasteiger partial charge in [-0.2, -0.15) is 0 Å². The Morgan fingerprint density at radius 2 is 2.09 bits per heavy atom. The molecular formula is C28H41NO3S. The lowest BCUT2D eigenvalue weighted by atomic mass is 9.60. The van der Waals surface area contributed by atoms with Gasteiger partial charge >= 0.3 is 0 Å². The van der Waals surface area contributed by atoms with E-state index in [-0.39, 0.29) is 0 Å². The van der Waals surface area contributed by atoms with Crippen LogP contribution in [0.5, 0.6) is 0 Å². The fourth-order valence-electron chi connectivity index (χ4n) is 7.04. The molecule has 3 fully saturated rings. The molecule has 1 heterocycles. The third kappa shape index (κ3) is 5.37. The summed E-state index contributed by atoms with van der Waals surface area (Å²) in [5.41, 5.74) is 3.67. The molecule has 0 radical (unpaired) electrons. The van der Waals surface area contributed by atoms with E-state index in [4.69, 9.17) is 0 Å². The Bertz CT molecular complexity index is 876. The Kier molecular flexibility index (Phi) is 7.95. The number of aliphatic hydroxyl groups is 3. The summed E-state index contributed by atoms with van der Waals surface area (Å²) in [4.78, 5) is 4.25. The second-order valence-electron chi connectivity index (χ2n) is 11.0. The van der Waals surface area contributed by atoms with E-state index >= 15 is 0 Å². The van der Waals surface area contributed by atoms with Crippen molar-refractivity contribution in [3.63, 3.8) is 0 Å². The summed E-state index contributed by atoms with van der Waals surface area (Å²) < 4.78 is 0. The average Bonchev–Trinajstić information content (AvgIpc) is 3.43. The molecule has 0 saturated heterocycles. The van der Waals surface area contributed by atoms with Crippen LogP contribution in [0.1, 0.15) is 89.2 Å².